The Balaban J connectivity index is 0.00000208. The van der Waals surface area contributed by atoms with E-state index in [1.807, 2.05) is 29.2 Å². The molecule has 0 radical (unpaired) electrons. The fourth-order valence-electron chi connectivity index (χ4n) is 3.66. The van der Waals surface area contributed by atoms with Crippen LogP contribution in [0.3, 0.4) is 0 Å². The number of nitrogens with two attached hydrogens (primary N) is 1. The van der Waals surface area contributed by atoms with Gasteiger partial charge in [0.15, 0.2) is 0 Å². The third kappa shape index (κ3) is 3.73. The molecule has 2 aliphatic rings. The fourth-order valence-corrected chi connectivity index (χ4v) is 3.66. The Kier molecular flexibility index (Phi) is 6.24. The van der Waals surface area contributed by atoms with E-state index in [9.17, 15) is 9.59 Å². The van der Waals surface area contributed by atoms with Gasteiger partial charge in [-0.25, -0.2) is 0 Å². The zero-order valence-electron chi connectivity index (χ0n) is 13.9. The summed E-state index contributed by atoms with van der Waals surface area (Å²) in [5.74, 6) is 0.272. The van der Waals surface area contributed by atoms with Gasteiger partial charge in [0.2, 0.25) is 11.8 Å². The summed E-state index contributed by atoms with van der Waals surface area (Å²) in [5, 5.41) is 3.03. The second-order valence-corrected chi connectivity index (χ2v) is 6.69. The molecule has 1 saturated heterocycles. The van der Waals surface area contributed by atoms with Crippen molar-refractivity contribution in [2.75, 3.05) is 18.0 Å². The average molecular weight is 352 g/mol. The highest BCUT2D eigenvalue weighted by molar-refractivity contribution is 5.95. The summed E-state index contributed by atoms with van der Waals surface area (Å²) in [5.41, 5.74) is 7.47. The number of nitrogens with one attached hydrogen (secondary N) is 1. The molecule has 2 amide bonds. The van der Waals surface area contributed by atoms with E-state index in [0.717, 1.165) is 49.9 Å². The third-order valence-electron chi connectivity index (χ3n) is 5.21. The van der Waals surface area contributed by atoms with E-state index in [1.54, 1.807) is 0 Å². The van der Waals surface area contributed by atoms with Crippen LogP contribution in [0.4, 0.5) is 5.69 Å². The van der Waals surface area contributed by atoms with Crippen molar-refractivity contribution in [3.05, 3.63) is 29.8 Å². The number of carbonyl (C=O) groups excluding carboxylic acids is 2. The van der Waals surface area contributed by atoms with Crippen molar-refractivity contribution < 1.29 is 9.59 Å². The van der Waals surface area contributed by atoms with Gasteiger partial charge in [0.1, 0.15) is 0 Å². The minimum absolute atomic E-state index is 0. The van der Waals surface area contributed by atoms with Crippen LogP contribution in [0.25, 0.3) is 0 Å². The molecule has 0 bridgehead atoms. The Bertz CT molecular complexity index is 582. The van der Waals surface area contributed by atoms with Crippen LogP contribution < -0.4 is 16.0 Å². The molecule has 1 heterocycles. The minimum atomic E-state index is -0.359. The van der Waals surface area contributed by atoms with Crippen LogP contribution in [0.2, 0.25) is 0 Å². The predicted molar refractivity (Wildman–Crippen MR) is 97.1 cm³/mol. The lowest BCUT2D eigenvalue weighted by Crippen LogP contribution is -2.43. The normalized spacial score (nSPS) is 19.2. The smallest absolute Gasteiger partial charge is 0.227 e. The molecule has 0 atom stereocenters. The van der Waals surface area contributed by atoms with Gasteiger partial charge in [-0.15, -0.1) is 12.4 Å². The molecule has 1 aliphatic heterocycles. The molecular weight excluding hydrogens is 326 g/mol. The van der Waals surface area contributed by atoms with Gasteiger partial charge in [-0.05, 0) is 37.0 Å². The van der Waals surface area contributed by atoms with Crippen molar-refractivity contribution in [2.45, 2.75) is 45.1 Å². The molecule has 1 aromatic rings. The largest absolute Gasteiger partial charge is 0.352 e. The van der Waals surface area contributed by atoms with Gasteiger partial charge in [-0.1, -0.05) is 25.0 Å². The highest BCUT2D eigenvalue weighted by Crippen LogP contribution is 2.37. The Morgan fingerprint density at radius 3 is 2.38 bits per heavy atom. The van der Waals surface area contributed by atoms with Crippen molar-refractivity contribution in [2.24, 2.45) is 11.1 Å². The Morgan fingerprint density at radius 2 is 1.83 bits per heavy atom. The Morgan fingerprint density at radius 1 is 1.17 bits per heavy atom. The van der Waals surface area contributed by atoms with Gasteiger partial charge in [0.25, 0.3) is 0 Å². The summed E-state index contributed by atoms with van der Waals surface area (Å²) in [4.78, 5) is 26.0. The van der Waals surface area contributed by atoms with Crippen molar-refractivity contribution in [3.8, 4) is 0 Å². The first-order valence-electron chi connectivity index (χ1n) is 8.52. The van der Waals surface area contributed by atoms with Gasteiger partial charge >= 0.3 is 0 Å². The first-order chi connectivity index (χ1) is 11.1. The maximum absolute atomic E-state index is 12.4. The lowest BCUT2D eigenvalue weighted by Gasteiger charge is -2.25. The molecular formula is C18H26ClN3O2. The van der Waals surface area contributed by atoms with Crippen molar-refractivity contribution in [1.29, 1.82) is 0 Å². The number of benzene rings is 1. The highest BCUT2D eigenvalue weighted by atomic mass is 35.5. The number of hydrogen-bond donors (Lipinski definition) is 2. The molecule has 0 unspecified atom stereocenters. The van der Waals surface area contributed by atoms with E-state index in [-0.39, 0.29) is 29.6 Å². The van der Waals surface area contributed by atoms with E-state index < -0.39 is 0 Å². The van der Waals surface area contributed by atoms with Crippen LogP contribution in [0.1, 0.15) is 44.1 Å². The number of hydrogen-bond acceptors (Lipinski definition) is 3. The van der Waals surface area contributed by atoms with Gasteiger partial charge in [-0.2, -0.15) is 0 Å². The Labute approximate surface area is 149 Å². The van der Waals surface area contributed by atoms with Gasteiger partial charge in [0.05, 0.1) is 5.41 Å². The van der Waals surface area contributed by atoms with E-state index in [2.05, 4.69) is 5.32 Å². The number of nitrogens with zero attached hydrogens (tertiary/aromatic N) is 1. The average Bonchev–Trinajstić information content (AvgIpc) is 3.23. The van der Waals surface area contributed by atoms with Crippen LogP contribution in [0.15, 0.2) is 24.3 Å². The van der Waals surface area contributed by atoms with Crippen molar-refractivity contribution >= 4 is 29.9 Å². The Hall–Kier alpha value is -1.59. The summed E-state index contributed by atoms with van der Waals surface area (Å²) >= 11 is 0. The second kappa shape index (κ2) is 7.99. The molecule has 0 aromatic heterocycles. The molecule has 2 fully saturated rings. The minimum Gasteiger partial charge on any atom is -0.352 e. The summed E-state index contributed by atoms with van der Waals surface area (Å²) in [7, 11) is 0. The topological polar surface area (TPSA) is 75.4 Å². The molecule has 3 rings (SSSR count). The summed E-state index contributed by atoms with van der Waals surface area (Å²) in [6.07, 6.45) is 5.53. The molecule has 0 spiro atoms. The summed E-state index contributed by atoms with van der Waals surface area (Å²) in [6, 6.07) is 7.87. The van der Waals surface area contributed by atoms with Crippen LogP contribution >= 0.6 is 12.4 Å². The number of halogens is 1. The van der Waals surface area contributed by atoms with Crippen molar-refractivity contribution in [1.82, 2.24) is 5.32 Å². The summed E-state index contributed by atoms with van der Waals surface area (Å²) in [6.45, 7) is 1.73. The van der Waals surface area contributed by atoms with Crippen LogP contribution in [-0.2, 0) is 16.1 Å². The van der Waals surface area contributed by atoms with Crippen LogP contribution in [0, 0.1) is 5.41 Å². The molecule has 24 heavy (non-hydrogen) atoms. The molecule has 1 aliphatic carbocycles. The zero-order chi connectivity index (χ0) is 16.3. The SMILES string of the molecule is Cl.NCC1(C(=O)NCc2ccc(N3CCCC3=O)cc2)CCCC1. The molecule has 3 N–H and O–H groups in total. The fraction of sp³-hybridized carbons (Fsp3) is 0.556. The first-order valence-corrected chi connectivity index (χ1v) is 8.52. The van der Waals surface area contributed by atoms with Gasteiger partial charge < -0.3 is 16.0 Å². The number of carbonyl (C=O) groups is 2. The monoisotopic (exact) mass is 351 g/mol. The van der Waals surface area contributed by atoms with Crippen molar-refractivity contribution in [3.63, 3.8) is 0 Å². The number of anilines is 1. The number of rotatable bonds is 5. The lowest BCUT2D eigenvalue weighted by molar-refractivity contribution is -0.130. The molecule has 5 nitrogen and oxygen atoms in total. The second-order valence-electron chi connectivity index (χ2n) is 6.69. The summed E-state index contributed by atoms with van der Waals surface area (Å²) < 4.78 is 0. The molecule has 6 heteroatoms. The van der Waals surface area contributed by atoms with Crippen LogP contribution in [-0.4, -0.2) is 24.9 Å². The molecule has 1 aromatic carbocycles. The predicted octanol–water partition coefficient (Wildman–Crippen LogP) is 2.37. The first kappa shape index (κ1) is 18.7. The lowest BCUT2D eigenvalue weighted by atomic mass is 9.85. The molecule has 132 valence electrons. The standard InChI is InChI=1S/C18H25N3O2.ClH/c19-13-18(9-1-2-10-18)17(23)20-12-14-5-7-15(8-6-14)21-11-3-4-16(21)22;/h5-8H,1-4,9-13,19H2,(H,20,23);1H. The van der Waals surface area contributed by atoms with E-state index in [0.29, 0.717) is 19.5 Å². The maximum atomic E-state index is 12.4. The third-order valence-corrected chi connectivity index (χ3v) is 5.21. The van der Waals surface area contributed by atoms with E-state index in [1.165, 1.54) is 0 Å². The van der Waals surface area contributed by atoms with Gasteiger partial charge in [-0.3, -0.25) is 9.59 Å². The molecule has 1 saturated carbocycles. The van der Waals surface area contributed by atoms with Crippen LogP contribution in [0.5, 0.6) is 0 Å². The van der Waals surface area contributed by atoms with Gasteiger partial charge in [0, 0.05) is 31.7 Å². The zero-order valence-corrected chi connectivity index (χ0v) is 14.7. The highest BCUT2D eigenvalue weighted by Gasteiger charge is 2.39. The van der Waals surface area contributed by atoms with E-state index in [4.69, 9.17) is 5.73 Å². The number of amides is 2. The van der Waals surface area contributed by atoms with E-state index >= 15 is 0 Å². The quantitative estimate of drug-likeness (QED) is 0.855. The maximum Gasteiger partial charge on any atom is 0.227 e.